The van der Waals surface area contributed by atoms with Crippen molar-refractivity contribution in [3.63, 3.8) is 0 Å². The Morgan fingerprint density at radius 2 is 1.79 bits per heavy atom. The molecule has 1 aromatic rings. The van der Waals surface area contributed by atoms with Crippen LogP contribution < -0.4 is 5.32 Å². The SMILES string of the molecule is CCC1=C(C)NC(OC)C(CCN2C(=O)c3ccccc3C2=O)=C1. The van der Waals surface area contributed by atoms with E-state index in [-0.39, 0.29) is 18.0 Å². The van der Waals surface area contributed by atoms with E-state index < -0.39 is 0 Å². The normalized spacial score (nSPS) is 20.2. The first-order valence-corrected chi connectivity index (χ1v) is 8.21. The van der Waals surface area contributed by atoms with Crippen LogP contribution in [0.2, 0.25) is 0 Å². The molecule has 0 fully saturated rings. The molecule has 1 aromatic carbocycles. The number of nitrogens with zero attached hydrogens (tertiary/aromatic N) is 1. The number of rotatable bonds is 5. The van der Waals surface area contributed by atoms with Gasteiger partial charge in [0.05, 0.1) is 11.1 Å². The summed E-state index contributed by atoms with van der Waals surface area (Å²) in [4.78, 5) is 26.2. The Hall–Kier alpha value is -2.40. The summed E-state index contributed by atoms with van der Waals surface area (Å²) in [6, 6.07) is 6.97. The number of methoxy groups -OCH3 is 1. The standard InChI is InChI=1S/C19H22N2O3/c1-4-13-11-14(17(24-3)20-12(13)2)9-10-21-18(22)15-7-5-6-8-16(15)19(21)23/h5-8,11,17,20H,4,9-10H2,1-3H3. The van der Waals surface area contributed by atoms with E-state index in [1.807, 2.05) is 6.92 Å². The molecule has 2 heterocycles. The van der Waals surface area contributed by atoms with E-state index in [1.54, 1.807) is 31.4 Å². The average molecular weight is 326 g/mol. The monoisotopic (exact) mass is 326 g/mol. The first-order chi connectivity index (χ1) is 11.6. The van der Waals surface area contributed by atoms with E-state index in [0.717, 1.165) is 17.7 Å². The van der Waals surface area contributed by atoms with Crippen LogP contribution in [0.25, 0.3) is 0 Å². The maximum absolute atomic E-state index is 12.4. The number of benzene rings is 1. The van der Waals surface area contributed by atoms with Crippen LogP contribution in [0.5, 0.6) is 0 Å². The Bertz CT molecular complexity index is 714. The summed E-state index contributed by atoms with van der Waals surface area (Å²) in [5, 5.41) is 3.33. The second kappa shape index (κ2) is 6.61. The van der Waals surface area contributed by atoms with Gasteiger partial charge in [0.25, 0.3) is 11.8 Å². The van der Waals surface area contributed by atoms with Crippen LogP contribution in [0.15, 0.2) is 47.2 Å². The first-order valence-electron chi connectivity index (χ1n) is 8.21. The third-order valence-corrected chi connectivity index (χ3v) is 4.64. The van der Waals surface area contributed by atoms with Crippen molar-refractivity contribution in [2.24, 2.45) is 0 Å². The van der Waals surface area contributed by atoms with Gasteiger partial charge in [-0.3, -0.25) is 14.5 Å². The van der Waals surface area contributed by atoms with Gasteiger partial charge in [-0.15, -0.1) is 0 Å². The van der Waals surface area contributed by atoms with Gasteiger partial charge < -0.3 is 10.1 Å². The molecule has 0 bridgehead atoms. The van der Waals surface area contributed by atoms with E-state index >= 15 is 0 Å². The van der Waals surface area contributed by atoms with Crippen LogP contribution in [0.4, 0.5) is 0 Å². The lowest BCUT2D eigenvalue weighted by atomic mass is 9.99. The maximum Gasteiger partial charge on any atom is 0.261 e. The summed E-state index contributed by atoms with van der Waals surface area (Å²) in [6.07, 6.45) is 3.42. The van der Waals surface area contributed by atoms with E-state index in [2.05, 4.69) is 18.3 Å². The number of hydrogen-bond donors (Lipinski definition) is 1. The quantitative estimate of drug-likeness (QED) is 0.845. The van der Waals surface area contributed by atoms with Crippen LogP contribution in [-0.2, 0) is 4.74 Å². The molecule has 0 spiro atoms. The minimum atomic E-state index is -0.213. The number of imide groups is 1. The number of hydrogen-bond acceptors (Lipinski definition) is 4. The van der Waals surface area contributed by atoms with Crippen LogP contribution in [0, 0.1) is 0 Å². The summed E-state index contributed by atoms with van der Waals surface area (Å²) >= 11 is 0. The number of fused-ring (bicyclic) bond motifs is 1. The molecule has 126 valence electrons. The van der Waals surface area contributed by atoms with Gasteiger partial charge in [-0.25, -0.2) is 0 Å². The molecular weight excluding hydrogens is 304 g/mol. The van der Waals surface area contributed by atoms with E-state index in [0.29, 0.717) is 24.1 Å². The highest BCUT2D eigenvalue weighted by molar-refractivity contribution is 6.21. The van der Waals surface area contributed by atoms with Crippen molar-refractivity contribution >= 4 is 11.8 Å². The van der Waals surface area contributed by atoms with Gasteiger partial charge in [0.15, 0.2) is 0 Å². The van der Waals surface area contributed by atoms with Crippen LogP contribution in [0.1, 0.15) is 47.4 Å². The zero-order valence-electron chi connectivity index (χ0n) is 14.3. The van der Waals surface area contributed by atoms with Crippen molar-refractivity contribution in [1.29, 1.82) is 0 Å². The molecule has 3 rings (SSSR count). The van der Waals surface area contributed by atoms with Gasteiger partial charge in [0, 0.05) is 19.4 Å². The van der Waals surface area contributed by atoms with Gasteiger partial charge in [0.1, 0.15) is 6.23 Å². The highest BCUT2D eigenvalue weighted by atomic mass is 16.5. The lowest BCUT2D eigenvalue weighted by Crippen LogP contribution is -2.37. The third kappa shape index (κ3) is 2.76. The van der Waals surface area contributed by atoms with Crippen molar-refractivity contribution in [1.82, 2.24) is 10.2 Å². The second-order valence-electron chi connectivity index (χ2n) is 6.04. The molecule has 2 aliphatic heterocycles. The predicted octanol–water partition coefficient (Wildman–Crippen LogP) is 2.86. The van der Waals surface area contributed by atoms with Crippen LogP contribution >= 0.6 is 0 Å². The maximum atomic E-state index is 12.4. The Balaban J connectivity index is 1.76. The Labute approximate surface area is 142 Å². The number of carbonyl (C=O) groups is 2. The van der Waals surface area contributed by atoms with E-state index in [1.165, 1.54) is 10.5 Å². The van der Waals surface area contributed by atoms with Gasteiger partial charge in [-0.1, -0.05) is 25.1 Å². The summed E-state index contributed by atoms with van der Waals surface area (Å²) in [5.74, 6) is -0.423. The largest absolute Gasteiger partial charge is 0.360 e. The average Bonchev–Trinajstić information content (AvgIpc) is 2.85. The van der Waals surface area contributed by atoms with Crippen molar-refractivity contribution in [2.45, 2.75) is 32.9 Å². The number of nitrogens with one attached hydrogen (secondary N) is 1. The molecule has 0 saturated carbocycles. The molecular formula is C19H22N2O3. The van der Waals surface area contributed by atoms with Gasteiger partial charge in [-0.2, -0.15) is 0 Å². The zero-order valence-corrected chi connectivity index (χ0v) is 14.3. The molecule has 0 aliphatic carbocycles. The van der Waals surface area contributed by atoms with Crippen molar-refractivity contribution in [2.75, 3.05) is 13.7 Å². The van der Waals surface area contributed by atoms with Crippen molar-refractivity contribution in [3.8, 4) is 0 Å². The Morgan fingerprint density at radius 1 is 1.17 bits per heavy atom. The molecule has 0 aromatic heterocycles. The highest BCUT2D eigenvalue weighted by Crippen LogP contribution is 2.26. The predicted molar refractivity (Wildman–Crippen MR) is 91.4 cm³/mol. The number of dihydropyridines is 1. The van der Waals surface area contributed by atoms with E-state index in [4.69, 9.17) is 4.74 Å². The molecule has 2 aliphatic rings. The lowest BCUT2D eigenvalue weighted by molar-refractivity contribution is 0.0645. The number of amides is 2. The molecule has 1 unspecified atom stereocenters. The van der Waals surface area contributed by atoms with Gasteiger partial charge in [0.2, 0.25) is 0 Å². The molecule has 1 N–H and O–H groups in total. The third-order valence-electron chi connectivity index (χ3n) is 4.64. The fourth-order valence-corrected chi connectivity index (χ4v) is 3.25. The number of ether oxygens (including phenoxy) is 1. The highest BCUT2D eigenvalue weighted by Gasteiger charge is 2.35. The lowest BCUT2D eigenvalue weighted by Gasteiger charge is -2.28. The van der Waals surface area contributed by atoms with E-state index in [9.17, 15) is 9.59 Å². The summed E-state index contributed by atoms with van der Waals surface area (Å²) in [5.41, 5.74) is 4.36. The Kier molecular flexibility index (Phi) is 4.53. The number of carbonyl (C=O) groups excluding carboxylic acids is 2. The summed E-state index contributed by atoms with van der Waals surface area (Å²) in [7, 11) is 1.65. The van der Waals surface area contributed by atoms with Crippen LogP contribution in [0.3, 0.4) is 0 Å². The molecule has 5 heteroatoms. The topological polar surface area (TPSA) is 58.6 Å². The van der Waals surface area contributed by atoms with Gasteiger partial charge >= 0.3 is 0 Å². The van der Waals surface area contributed by atoms with Crippen molar-refractivity contribution < 1.29 is 14.3 Å². The summed E-state index contributed by atoms with van der Waals surface area (Å²) in [6.45, 7) is 4.49. The summed E-state index contributed by atoms with van der Waals surface area (Å²) < 4.78 is 5.50. The second-order valence-corrected chi connectivity index (χ2v) is 6.04. The minimum absolute atomic E-state index is 0.212. The first kappa shape index (κ1) is 16.5. The van der Waals surface area contributed by atoms with Crippen molar-refractivity contribution in [3.05, 3.63) is 58.3 Å². The molecule has 0 saturated heterocycles. The fraction of sp³-hybridized carbons (Fsp3) is 0.368. The Morgan fingerprint density at radius 3 is 2.33 bits per heavy atom. The zero-order chi connectivity index (χ0) is 17.3. The minimum Gasteiger partial charge on any atom is -0.360 e. The molecule has 2 amide bonds. The molecule has 24 heavy (non-hydrogen) atoms. The van der Waals surface area contributed by atoms with Crippen LogP contribution in [-0.4, -0.2) is 36.6 Å². The van der Waals surface area contributed by atoms with Gasteiger partial charge in [-0.05, 0) is 43.0 Å². The molecule has 1 atom stereocenters. The number of allylic oxidation sites excluding steroid dienone is 3. The fourth-order valence-electron chi connectivity index (χ4n) is 3.25. The molecule has 0 radical (unpaired) electrons. The molecule has 5 nitrogen and oxygen atoms in total. The smallest absolute Gasteiger partial charge is 0.261 e.